The molecule has 0 bridgehead atoms. The van der Waals surface area contributed by atoms with Crippen LogP contribution < -0.4 is 0 Å². The van der Waals surface area contributed by atoms with E-state index in [1.807, 2.05) is 4.90 Å². The Hall–Kier alpha value is -0.180. The van der Waals surface area contributed by atoms with Gasteiger partial charge in [-0.3, -0.25) is 4.90 Å². The number of piperidine rings is 1. The van der Waals surface area contributed by atoms with E-state index in [0.717, 1.165) is 13.0 Å². The van der Waals surface area contributed by atoms with E-state index in [-0.39, 0.29) is 11.8 Å². The van der Waals surface area contributed by atoms with E-state index in [1.165, 1.54) is 0 Å². The van der Waals surface area contributed by atoms with Gasteiger partial charge in [-0.15, -0.1) is 0 Å². The highest BCUT2D eigenvalue weighted by Crippen LogP contribution is 2.22. The van der Waals surface area contributed by atoms with E-state index in [9.17, 15) is 8.78 Å². The number of likely N-dealkylation sites (tertiary alicyclic amines) is 1. The molecule has 2 unspecified atom stereocenters. The summed E-state index contributed by atoms with van der Waals surface area (Å²) in [6.07, 6.45) is -0.865. The zero-order chi connectivity index (χ0) is 10.8. The normalized spacial score (nSPS) is 30.6. The van der Waals surface area contributed by atoms with E-state index >= 15 is 0 Å². The first-order valence-corrected chi connectivity index (χ1v) is 5.37. The van der Waals surface area contributed by atoms with Gasteiger partial charge >= 0.3 is 0 Å². The smallest absolute Gasteiger partial charge is 0.116 e. The molecule has 14 heavy (non-hydrogen) atoms. The Balaban J connectivity index is 2.30. The molecule has 2 atom stereocenters. The molecule has 1 rings (SSSR count). The lowest BCUT2D eigenvalue weighted by Gasteiger charge is -2.33. The van der Waals surface area contributed by atoms with Crippen LogP contribution in [0.15, 0.2) is 0 Å². The Morgan fingerprint density at radius 1 is 1.14 bits per heavy atom. The van der Waals surface area contributed by atoms with Crippen molar-refractivity contribution in [1.82, 2.24) is 4.90 Å². The van der Waals surface area contributed by atoms with Gasteiger partial charge in [-0.2, -0.15) is 0 Å². The Labute approximate surface area is 85.5 Å². The second-order valence-corrected chi connectivity index (χ2v) is 5.50. The van der Waals surface area contributed by atoms with Crippen molar-refractivity contribution in [1.29, 1.82) is 0 Å². The van der Waals surface area contributed by atoms with Gasteiger partial charge in [0.25, 0.3) is 0 Å². The van der Waals surface area contributed by atoms with Gasteiger partial charge in [-0.05, 0) is 18.4 Å². The zero-order valence-electron chi connectivity index (χ0n) is 9.39. The summed E-state index contributed by atoms with van der Waals surface area (Å²) in [6, 6.07) is 0. The summed E-state index contributed by atoms with van der Waals surface area (Å²) in [4.78, 5) is 1.91. The van der Waals surface area contributed by atoms with Crippen molar-refractivity contribution in [3.63, 3.8) is 0 Å². The summed E-state index contributed by atoms with van der Waals surface area (Å²) >= 11 is 0. The van der Waals surface area contributed by atoms with E-state index in [2.05, 4.69) is 20.8 Å². The maximum atomic E-state index is 13.0. The van der Waals surface area contributed by atoms with Gasteiger partial charge in [-0.1, -0.05) is 20.8 Å². The second-order valence-electron chi connectivity index (χ2n) is 5.50. The van der Waals surface area contributed by atoms with Crippen molar-refractivity contribution in [3.05, 3.63) is 0 Å². The maximum absolute atomic E-state index is 13.0. The number of halogens is 2. The third-order valence-electron chi connectivity index (χ3n) is 2.60. The van der Waals surface area contributed by atoms with Crippen LogP contribution in [0, 0.1) is 5.41 Å². The maximum Gasteiger partial charge on any atom is 0.116 e. The quantitative estimate of drug-likeness (QED) is 0.670. The molecule has 1 heterocycles. The number of rotatable bonds is 2. The van der Waals surface area contributed by atoms with Crippen molar-refractivity contribution in [2.45, 2.75) is 46.0 Å². The molecule has 0 radical (unpaired) electrons. The molecule has 0 amide bonds. The van der Waals surface area contributed by atoms with Gasteiger partial charge in [0, 0.05) is 19.5 Å². The summed E-state index contributed by atoms with van der Waals surface area (Å²) < 4.78 is 26.0. The lowest BCUT2D eigenvalue weighted by atomic mass is 9.91. The molecule has 1 aliphatic heterocycles. The molecule has 0 aromatic carbocycles. The molecule has 0 saturated carbocycles. The Bertz CT molecular complexity index is 167. The average molecular weight is 205 g/mol. The van der Waals surface area contributed by atoms with Crippen LogP contribution in [0.3, 0.4) is 0 Å². The first-order valence-electron chi connectivity index (χ1n) is 5.37. The molecule has 0 aromatic heterocycles. The van der Waals surface area contributed by atoms with Crippen molar-refractivity contribution >= 4 is 0 Å². The van der Waals surface area contributed by atoms with E-state index in [4.69, 9.17) is 0 Å². The largest absolute Gasteiger partial charge is 0.298 e. The molecule has 0 aliphatic carbocycles. The Morgan fingerprint density at radius 3 is 2.07 bits per heavy atom. The lowest BCUT2D eigenvalue weighted by Crippen LogP contribution is -2.43. The topological polar surface area (TPSA) is 3.24 Å². The zero-order valence-corrected chi connectivity index (χ0v) is 9.39. The summed E-state index contributed by atoms with van der Waals surface area (Å²) in [5.74, 6) is 0. The van der Waals surface area contributed by atoms with E-state index in [0.29, 0.717) is 13.1 Å². The van der Waals surface area contributed by atoms with Crippen molar-refractivity contribution in [3.8, 4) is 0 Å². The molecule has 3 heteroatoms. The molecule has 0 aromatic rings. The minimum absolute atomic E-state index is 0.0893. The standard InChI is InChI=1S/C11H21F2N/c1-11(2,3)4-5-14-7-9(12)6-10(13)8-14/h9-10H,4-8H2,1-3H3. The second kappa shape index (κ2) is 4.56. The number of hydrogen-bond acceptors (Lipinski definition) is 1. The van der Waals surface area contributed by atoms with Crippen LogP contribution in [-0.4, -0.2) is 36.9 Å². The van der Waals surface area contributed by atoms with Gasteiger partial charge in [0.2, 0.25) is 0 Å². The van der Waals surface area contributed by atoms with Crippen molar-refractivity contribution in [2.24, 2.45) is 5.41 Å². The summed E-state index contributed by atoms with van der Waals surface area (Å²) in [6.45, 7) is 8.09. The van der Waals surface area contributed by atoms with E-state index in [1.54, 1.807) is 0 Å². The van der Waals surface area contributed by atoms with Crippen molar-refractivity contribution in [2.75, 3.05) is 19.6 Å². The third kappa shape index (κ3) is 4.36. The fraction of sp³-hybridized carbons (Fsp3) is 1.00. The fourth-order valence-corrected chi connectivity index (χ4v) is 1.74. The van der Waals surface area contributed by atoms with Gasteiger partial charge in [0.15, 0.2) is 0 Å². The monoisotopic (exact) mass is 205 g/mol. The molecule has 0 N–H and O–H groups in total. The minimum atomic E-state index is -0.973. The van der Waals surface area contributed by atoms with Crippen LogP contribution in [0.2, 0.25) is 0 Å². The summed E-state index contributed by atoms with van der Waals surface area (Å²) in [7, 11) is 0. The average Bonchev–Trinajstić information content (AvgIpc) is 1.97. The predicted octanol–water partition coefficient (Wildman–Crippen LogP) is 2.80. The van der Waals surface area contributed by atoms with Gasteiger partial charge < -0.3 is 0 Å². The van der Waals surface area contributed by atoms with Gasteiger partial charge in [-0.25, -0.2) is 8.78 Å². The van der Waals surface area contributed by atoms with Crippen LogP contribution in [0.4, 0.5) is 8.78 Å². The van der Waals surface area contributed by atoms with Crippen LogP contribution in [0.1, 0.15) is 33.6 Å². The Morgan fingerprint density at radius 2 is 1.64 bits per heavy atom. The lowest BCUT2D eigenvalue weighted by molar-refractivity contribution is 0.0671. The predicted molar refractivity (Wildman–Crippen MR) is 54.9 cm³/mol. The highest BCUT2D eigenvalue weighted by atomic mass is 19.1. The molecule has 84 valence electrons. The molecular weight excluding hydrogens is 184 g/mol. The molecule has 0 spiro atoms. The number of hydrogen-bond donors (Lipinski definition) is 0. The first kappa shape index (κ1) is 11.9. The van der Waals surface area contributed by atoms with Crippen molar-refractivity contribution < 1.29 is 8.78 Å². The van der Waals surface area contributed by atoms with Crippen LogP contribution in [0.5, 0.6) is 0 Å². The highest BCUT2D eigenvalue weighted by Gasteiger charge is 2.27. The summed E-state index contributed by atoms with van der Waals surface area (Å²) in [5.41, 5.74) is 0.245. The third-order valence-corrected chi connectivity index (χ3v) is 2.60. The first-order chi connectivity index (χ1) is 6.37. The minimum Gasteiger partial charge on any atom is -0.298 e. The molecule has 1 saturated heterocycles. The molecular formula is C11H21F2N. The number of alkyl halides is 2. The molecule has 1 nitrogen and oxygen atoms in total. The van der Waals surface area contributed by atoms with Crippen LogP contribution in [0.25, 0.3) is 0 Å². The Kier molecular flexibility index (Phi) is 3.87. The highest BCUT2D eigenvalue weighted by molar-refractivity contribution is 4.79. The van der Waals surface area contributed by atoms with Crippen LogP contribution >= 0.6 is 0 Å². The number of nitrogens with zero attached hydrogens (tertiary/aromatic N) is 1. The van der Waals surface area contributed by atoms with E-state index < -0.39 is 12.3 Å². The molecule has 1 aliphatic rings. The SMILES string of the molecule is CC(C)(C)CCN1CC(F)CC(F)C1. The van der Waals surface area contributed by atoms with Crippen LogP contribution in [-0.2, 0) is 0 Å². The van der Waals surface area contributed by atoms with Gasteiger partial charge in [0.05, 0.1) is 0 Å². The molecule has 1 fully saturated rings. The fourth-order valence-electron chi connectivity index (χ4n) is 1.74. The van der Waals surface area contributed by atoms with Gasteiger partial charge in [0.1, 0.15) is 12.3 Å². The summed E-state index contributed by atoms with van der Waals surface area (Å²) in [5, 5.41) is 0.